The molecule has 112 valence electrons. The smallest absolute Gasteiger partial charge is 0.163 e. The summed E-state index contributed by atoms with van der Waals surface area (Å²) < 4.78 is 10.5. The Kier molecular flexibility index (Phi) is 4.58. The van der Waals surface area contributed by atoms with E-state index in [1.807, 2.05) is 19.1 Å². The van der Waals surface area contributed by atoms with Crippen molar-refractivity contribution >= 4 is 0 Å². The molecule has 0 spiro atoms. The van der Waals surface area contributed by atoms with Crippen LogP contribution >= 0.6 is 0 Å². The monoisotopic (exact) mass is 288 g/mol. The van der Waals surface area contributed by atoms with Gasteiger partial charge in [0.2, 0.25) is 0 Å². The Morgan fingerprint density at radius 1 is 0.952 bits per heavy atom. The first kappa shape index (κ1) is 15.0. The number of hydrogen-bond acceptors (Lipinski definition) is 4. The van der Waals surface area contributed by atoms with Gasteiger partial charge in [0.25, 0.3) is 0 Å². The van der Waals surface area contributed by atoms with Gasteiger partial charge in [-0.1, -0.05) is 12.1 Å². The molecule has 0 saturated carbocycles. The van der Waals surface area contributed by atoms with Crippen molar-refractivity contribution < 1.29 is 19.7 Å². The molecule has 0 aliphatic rings. The van der Waals surface area contributed by atoms with E-state index in [1.54, 1.807) is 32.4 Å². The molecule has 2 N–H and O–H groups in total. The minimum Gasteiger partial charge on any atom is -0.508 e. The Morgan fingerprint density at radius 3 is 2.38 bits per heavy atom. The first-order valence-corrected chi connectivity index (χ1v) is 6.78. The predicted octanol–water partition coefficient (Wildman–Crippen LogP) is 3.21. The van der Waals surface area contributed by atoms with Gasteiger partial charge >= 0.3 is 0 Å². The van der Waals surface area contributed by atoms with Gasteiger partial charge in [-0.3, -0.25) is 0 Å². The predicted molar refractivity (Wildman–Crippen MR) is 81.5 cm³/mol. The highest BCUT2D eigenvalue weighted by Gasteiger charge is 2.10. The van der Waals surface area contributed by atoms with Crippen molar-refractivity contribution in [2.24, 2.45) is 0 Å². The van der Waals surface area contributed by atoms with Crippen LogP contribution in [0.15, 0.2) is 30.3 Å². The largest absolute Gasteiger partial charge is 0.508 e. The van der Waals surface area contributed by atoms with Crippen molar-refractivity contribution in [3.63, 3.8) is 0 Å². The van der Waals surface area contributed by atoms with Gasteiger partial charge in [-0.15, -0.1) is 0 Å². The zero-order valence-electron chi connectivity index (χ0n) is 12.5. The molecule has 0 aliphatic heterocycles. The van der Waals surface area contributed by atoms with Gasteiger partial charge in [-0.05, 0) is 49.1 Å². The maximum atomic E-state index is 9.91. The molecule has 0 radical (unpaired) electrons. The van der Waals surface area contributed by atoms with E-state index in [2.05, 4.69) is 0 Å². The first-order valence-electron chi connectivity index (χ1n) is 6.78. The highest BCUT2D eigenvalue weighted by molar-refractivity contribution is 5.48. The van der Waals surface area contributed by atoms with Crippen LogP contribution in [-0.4, -0.2) is 24.4 Å². The van der Waals surface area contributed by atoms with Crippen LogP contribution < -0.4 is 9.47 Å². The average Bonchev–Trinajstić information content (AvgIpc) is 2.48. The highest BCUT2D eigenvalue weighted by Crippen LogP contribution is 2.32. The molecule has 0 aromatic heterocycles. The number of aryl methyl sites for hydroxylation is 2. The molecule has 0 unspecified atom stereocenters. The van der Waals surface area contributed by atoms with Gasteiger partial charge in [-0.2, -0.15) is 0 Å². The molecule has 0 heterocycles. The lowest BCUT2D eigenvalue weighted by Crippen LogP contribution is -1.97. The van der Waals surface area contributed by atoms with Crippen LogP contribution in [0, 0.1) is 6.92 Å². The quantitative estimate of drug-likeness (QED) is 0.887. The number of rotatable bonds is 5. The molecule has 0 bridgehead atoms. The SMILES string of the molecule is COc1cc(CCc2cccc(O)c2OC)cc(O)c1C. The zero-order valence-corrected chi connectivity index (χ0v) is 12.5. The molecule has 21 heavy (non-hydrogen) atoms. The van der Waals surface area contributed by atoms with E-state index in [0.717, 1.165) is 16.7 Å². The lowest BCUT2D eigenvalue weighted by atomic mass is 10.0. The van der Waals surface area contributed by atoms with Gasteiger partial charge in [0, 0.05) is 5.56 Å². The van der Waals surface area contributed by atoms with Crippen molar-refractivity contribution in [3.05, 3.63) is 47.0 Å². The molecule has 0 atom stereocenters. The number of para-hydroxylation sites is 1. The fourth-order valence-electron chi connectivity index (χ4n) is 2.37. The van der Waals surface area contributed by atoms with Crippen LogP contribution in [-0.2, 0) is 12.8 Å². The molecule has 0 saturated heterocycles. The molecular formula is C17H20O4. The fourth-order valence-corrected chi connectivity index (χ4v) is 2.37. The number of phenolic OH excluding ortho intramolecular Hbond substituents is 2. The van der Waals surface area contributed by atoms with Crippen LogP contribution in [0.4, 0.5) is 0 Å². The second-order valence-corrected chi connectivity index (χ2v) is 4.91. The molecule has 4 nitrogen and oxygen atoms in total. The average molecular weight is 288 g/mol. The van der Waals surface area contributed by atoms with Crippen molar-refractivity contribution in [1.29, 1.82) is 0 Å². The van der Waals surface area contributed by atoms with Crippen molar-refractivity contribution in [2.75, 3.05) is 14.2 Å². The van der Waals surface area contributed by atoms with Crippen LogP contribution in [0.5, 0.6) is 23.0 Å². The van der Waals surface area contributed by atoms with E-state index in [1.165, 1.54) is 0 Å². The summed E-state index contributed by atoms with van der Waals surface area (Å²) in [5.74, 6) is 1.54. The topological polar surface area (TPSA) is 58.9 Å². The Balaban J connectivity index is 2.21. The molecule has 2 aromatic carbocycles. The lowest BCUT2D eigenvalue weighted by molar-refractivity contribution is 0.369. The number of hydrogen-bond donors (Lipinski definition) is 2. The molecular weight excluding hydrogens is 268 g/mol. The first-order chi connectivity index (χ1) is 10.1. The normalized spacial score (nSPS) is 10.4. The van der Waals surface area contributed by atoms with E-state index < -0.39 is 0 Å². The second-order valence-electron chi connectivity index (χ2n) is 4.91. The molecule has 2 aromatic rings. The molecule has 0 fully saturated rings. The van der Waals surface area contributed by atoms with Crippen molar-refractivity contribution in [1.82, 2.24) is 0 Å². The number of phenols is 2. The maximum Gasteiger partial charge on any atom is 0.163 e. The summed E-state index contributed by atoms with van der Waals surface area (Å²) >= 11 is 0. The molecule has 0 amide bonds. The summed E-state index contributed by atoms with van der Waals surface area (Å²) in [5.41, 5.74) is 2.63. The Labute approximate surface area is 124 Å². The van der Waals surface area contributed by atoms with E-state index in [0.29, 0.717) is 24.3 Å². The summed E-state index contributed by atoms with van der Waals surface area (Å²) in [6.45, 7) is 1.82. The van der Waals surface area contributed by atoms with Crippen LogP contribution in [0.25, 0.3) is 0 Å². The number of ether oxygens (including phenoxy) is 2. The summed E-state index contributed by atoms with van der Waals surface area (Å²) in [7, 11) is 3.13. The van der Waals surface area contributed by atoms with Gasteiger partial charge in [0.05, 0.1) is 14.2 Å². The minimum atomic E-state index is 0.138. The van der Waals surface area contributed by atoms with Gasteiger partial charge in [0.15, 0.2) is 11.5 Å². The van der Waals surface area contributed by atoms with Crippen LogP contribution in [0.1, 0.15) is 16.7 Å². The van der Waals surface area contributed by atoms with E-state index in [4.69, 9.17) is 9.47 Å². The second kappa shape index (κ2) is 6.39. The summed E-state index contributed by atoms with van der Waals surface area (Å²) in [5, 5.41) is 19.7. The molecule has 4 heteroatoms. The Bertz CT molecular complexity index is 635. The van der Waals surface area contributed by atoms with Crippen LogP contribution in [0.2, 0.25) is 0 Å². The Hall–Kier alpha value is -2.36. The minimum absolute atomic E-state index is 0.138. The fraction of sp³-hybridized carbons (Fsp3) is 0.294. The number of aromatic hydroxyl groups is 2. The Morgan fingerprint density at radius 2 is 1.71 bits per heavy atom. The summed E-state index contributed by atoms with van der Waals surface area (Å²) in [6.07, 6.45) is 1.41. The molecule has 2 rings (SSSR count). The van der Waals surface area contributed by atoms with Gasteiger partial charge in [0.1, 0.15) is 11.5 Å². The number of methoxy groups -OCH3 is 2. The third-order valence-electron chi connectivity index (χ3n) is 3.58. The van der Waals surface area contributed by atoms with Crippen molar-refractivity contribution in [3.8, 4) is 23.0 Å². The van der Waals surface area contributed by atoms with E-state index in [-0.39, 0.29) is 11.5 Å². The van der Waals surface area contributed by atoms with Gasteiger partial charge in [-0.25, -0.2) is 0 Å². The third-order valence-corrected chi connectivity index (χ3v) is 3.58. The highest BCUT2D eigenvalue weighted by atomic mass is 16.5. The standard InChI is InChI=1S/C17H20O4/c1-11-15(19)9-12(10-16(11)20-2)7-8-13-5-4-6-14(18)17(13)21-3/h4-6,9-10,18-19H,7-8H2,1-3H3. The summed E-state index contributed by atoms with van der Waals surface area (Å²) in [6, 6.07) is 8.98. The lowest BCUT2D eigenvalue weighted by Gasteiger charge is -2.12. The third kappa shape index (κ3) is 3.21. The number of benzene rings is 2. The molecule has 0 aliphatic carbocycles. The van der Waals surface area contributed by atoms with Crippen molar-refractivity contribution in [2.45, 2.75) is 19.8 Å². The van der Waals surface area contributed by atoms with Crippen LogP contribution in [0.3, 0.4) is 0 Å². The van der Waals surface area contributed by atoms with E-state index in [9.17, 15) is 10.2 Å². The summed E-state index contributed by atoms with van der Waals surface area (Å²) in [4.78, 5) is 0. The van der Waals surface area contributed by atoms with Gasteiger partial charge < -0.3 is 19.7 Å². The zero-order chi connectivity index (χ0) is 15.4. The van der Waals surface area contributed by atoms with E-state index >= 15 is 0 Å². The maximum absolute atomic E-state index is 9.91.